The number of carbonyl (C=O) groups is 1. The molecule has 0 atom stereocenters. The van der Waals surface area contributed by atoms with Gasteiger partial charge in [-0.15, -0.1) is 0 Å². The van der Waals surface area contributed by atoms with Crippen LogP contribution in [0.4, 0.5) is 4.79 Å². The zero-order valence-corrected chi connectivity index (χ0v) is 12.2. The highest BCUT2D eigenvalue weighted by molar-refractivity contribution is 5.82. The van der Waals surface area contributed by atoms with E-state index in [0.717, 1.165) is 11.1 Å². The fraction of sp³-hybridized carbons (Fsp3) is 0.125. The lowest BCUT2D eigenvalue weighted by molar-refractivity contribution is 0.249. The number of hydrazone groups is 1. The van der Waals surface area contributed by atoms with Crippen molar-refractivity contribution in [3.05, 3.63) is 59.7 Å². The fourth-order valence-electron chi connectivity index (χ4n) is 1.79. The fourth-order valence-corrected chi connectivity index (χ4v) is 1.79. The van der Waals surface area contributed by atoms with Crippen LogP contribution >= 0.6 is 0 Å². The lowest BCUT2D eigenvalue weighted by Crippen LogP contribution is -2.24. The lowest BCUT2D eigenvalue weighted by atomic mass is 10.2. The number of nitrogens with one attached hydrogen (secondary N) is 1. The monoisotopic (exact) mass is 299 g/mol. The molecule has 0 spiro atoms. The summed E-state index contributed by atoms with van der Waals surface area (Å²) >= 11 is 0. The summed E-state index contributed by atoms with van der Waals surface area (Å²) in [4.78, 5) is 10.6. The van der Waals surface area contributed by atoms with E-state index in [4.69, 9.17) is 15.2 Å². The number of ether oxygens (including phenoxy) is 2. The number of urea groups is 1. The van der Waals surface area contributed by atoms with Crippen LogP contribution in [-0.2, 0) is 6.61 Å². The van der Waals surface area contributed by atoms with Gasteiger partial charge in [-0.05, 0) is 29.3 Å². The van der Waals surface area contributed by atoms with E-state index in [2.05, 4.69) is 10.5 Å². The van der Waals surface area contributed by atoms with Gasteiger partial charge in [-0.25, -0.2) is 10.2 Å². The van der Waals surface area contributed by atoms with E-state index in [1.807, 2.05) is 30.3 Å². The van der Waals surface area contributed by atoms with Gasteiger partial charge in [0.1, 0.15) is 6.61 Å². The number of amides is 2. The third kappa shape index (κ3) is 4.52. The summed E-state index contributed by atoms with van der Waals surface area (Å²) in [6.07, 6.45) is 1.47. The van der Waals surface area contributed by atoms with Gasteiger partial charge in [-0.2, -0.15) is 5.10 Å². The molecule has 0 bridgehead atoms. The summed E-state index contributed by atoms with van der Waals surface area (Å²) in [5.41, 5.74) is 8.87. The van der Waals surface area contributed by atoms with Crippen LogP contribution in [0.2, 0.25) is 0 Å². The van der Waals surface area contributed by atoms with E-state index in [9.17, 15) is 4.79 Å². The summed E-state index contributed by atoms with van der Waals surface area (Å²) in [6.45, 7) is 0.428. The van der Waals surface area contributed by atoms with Gasteiger partial charge in [0.2, 0.25) is 0 Å². The van der Waals surface area contributed by atoms with Crippen molar-refractivity contribution >= 4 is 12.2 Å². The molecule has 2 rings (SSSR count). The number of hydrogen-bond acceptors (Lipinski definition) is 4. The Kier molecular flexibility index (Phi) is 5.37. The molecule has 0 radical (unpaired) electrons. The molecule has 3 N–H and O–H groups in total. The van der Waals surface area contributed by atoms with Crippen LogP contribution in [0.3, 0.4) is 0 Å². The Morgan fingerprint density at radius 1 is 1.23 bits per heavy atom. The largest absolute Gasteiger partial charge is 0.493 e. The summed E-state index contributed by atoms with van der Waals surface area (Å²) in [6, 6.07) is 14.4. The van der Waals surface area contributed by atoms with Crippen molar-refractivity contribution in [1.29, 1.82) is 0 Å². The van der Waals surface area contributed by atoms with Crippen LogP contribution in [0.25, 0.3) is 0 Å². The van der Waals surface area contributed by atoms with Crippen LogP contribution in [0.1, 0.15) is 11.1 Å². The standard InChI is InChI=1S/C16H17N3O3/c1-21-14-8-7-13(10-18-19-16(17)20)9-15(14)22-11-12-5-3-2-4-6-12/h2-10H,11H2,1H3,(H3,17,19,20)/b18-10+. The Labute approximate surface area is 128 Å². The third-order valence-electron chi connectivity index (χ3n) is 2.81. The van der Waals surface area contributed by atoms with E-state index in [1.165, 1.54) is 6.21 Å². The predicted molar refractivity (Wildman–Crippen MR) is 84.1 cm³/mol. The number of nitrogens with two attached hydrogens (primary N) is 1. The van der Waals surface area contributed by atoms with E-state index < -0.39 is 6.03 Å². The maximum atomic E-state index is 10.6. The molecule has 2 amide bonds. The highest BCUT2D eigenvalue weighted by atomic mass is 16.5. The maximum Gasteiger partial charge on any atom is 0.332 e. The molecule has 0 aliphatic carbocycles. The van der Waals surface area contributed by atoms with Crippen molar-refractivity contribution in [2.24, 2.45) is 10.8 Å². The molecule has 2 aromatic rings. The van der Waals surface area contributed by atoms with Gasteiger partial charge < -0.3 is 15.2 Å². The van der Waals surface area contributed by atoms with E-state index in [-0.39, 0.29) is 0 Å². The number of nitrogens with zero attached hydrogens (tertiary/aromatic N) is 1. The molecule has 0 aromatic heterocycles. The molecule has 0 fully saturated rings. The lowest BCUT2D eigenvalue weighted by Gasteiger charge is -2.11. The minimum atomic E-state index is -0.717. The first-order valence-corrected chi connectivity index (χ1v) is 6.62. The predicted octanol–water partition coefficient (Wildman–Crippen LogP) is 2.28. The molecule has 114 valence electrons. The molecule has 0 unspecified atom stereocenters. The first-order valence-electron chi connectivity index (χ1n) is 6.62. The van der Waals surface area contributed by atoms with Crippen molar-refractivity contribution < 1.29 is 14.3 Å². The molecule has 2 aromatic carbocycles. The van der Waals surface area contributed by atoms with Gasteiger partial charge >= 0.3 is 6.03 Å². The zero-order chi connectivity index (χ0) is 15.8. The number of benzene rings is 2. The minimum Gasteiger partial charge on any atom is -0.493 e. The van der Waals surface area contributed by atoms with Gasteiger partial charge in [-0.3, -0.25) is 0 Å². The van der Waals surface area contributed by atoms with Crippen molar-refractivity contribution in [3.8, 4) is 11.5 Å². The van der Waals surface area contributed by atoms with Crippen LogP contribution in [0.5, 0.6) is 11.5 Å². The van der Waals surface area contributed by atoms with Crippen molar-refractivity contribution in [2.45, 2.75) is 6.61 Å². The van der Waals surface area contributed by atoms with Crippen LogP contribution in [0, 0.1) is 0 Å². The third-order valence-corrected chi connectivity index (χ3v) is 2.81. The van der Waals surface area contributed by atoms with E-state index >= 15 is 0 Å². The molecule has 0 saturated carbocycles. The molecule has 0 aliphatic heterocycles. The maximum absolute atomic E-state index is 10.6. The minimum absolute atomic E-state index is 0.428. The topological polar surface area (TPSA) is 85.9 Å². The van der Waals surface area contributed by atoms with E-state index in [1.54, 1.807) is 25.3 Å². The van der Waals surface area contributed by atoms with Crippen LogP contribution in [0.15, 0.2) is 53.6 Å². The average molecular weight is 299 g/mol. The summed E-state index contributed by atoms with van der Waals surface area (Å²) < 4.78 is 11.1. The van der Waals surface area contributed by atoms with Crippen molar-refractivity contribution in [3.63, 3.8) is 0 Å². The number of rotatable bonds is 6. The second kappa shape index (κ2) is 7.68. The molecule has 0 aliphatic rings. The van der Waals surface area contributed by atoms with Crippen molar-refractivity contribution in [2.75, 3.05) is 7.11 Å². The number of methoxy groups -OCH3 is 1. The summed E-state index contributed by atoms with van der Waals surface area (Å²) in [5.74, 6) is 1.21. The second-order valence-electron chi connectivity index (χ2n) is 4.42. The quantitative estimate of drug-likeness (QED) is 0.633. The van der Waals surface area contributed by atoms with Gasteiger partial charge in [0, 0.05) is 0 Å². The van der Waals surface area contributed by atoms with Crippen molar-refractivity contribution in [1.82, 2.24) is 5.43 Å². The summed E-state index contributed by atoms with van der Waals surface area (Å²) in [7, 11) is 1.58. The average Bonchev–Trinajstić information content (AvgIpc) is 2.54. The normalized spacial score (nSPS) is 10.4. The van der Waals surface area contributed by atoms with Gasteiger partial charge in [-0.1, -0.05) is 30.3 Å². The molecule has 0 saturated heterocycles. The summed E-state index contributed by atoms with van der Waals surface area (Å²) in [5, 5.41) is 3.71. The highest BCUT2D eigenvalue weighted by Gasteiger charge is 2.05. The van der Waals surface area contributed by atoms with E-state index in [0.29, 0.717) is 18.1 Å². The Balaban J connectivity index is 2.10. The first kappa shape index (κ1) is 15.4. The molecule has 6 nitrogen and oxygen atoms in total. The number of hydrogen-bond donors (Lipinski definition) is 2. The number of carbonyl (C=O) groups excluding carboxylic acids is 1. The zero-order valence-electron chi connectivity index (χ0n) is 12.2. The Morgan fingerprint density at radius 3 is 2.68 bits per heavy atom. The Hall–Kier alpha value is -3.02. The molecule has 6 heteroatoms. The molecular formula is C16H17N3O3. The van der Waals surface area contributed by atoms with Gasteiger partial charge in [0.25, 0.3) is 0 Å². The number of primary amides is 1. The van der Waals surface area contributed by atoms with Gasteiger partial charge in [0.05, 0.1) is 13.3 Å². The second-order valence-corrected chi connectivity index (χ2v) is 4.42. The molecular weight excluding hydrogens is 282 g/mol. The highest BCUT2D eigenvalue weighted by Crippen LogP contribution is 2.28. The van der Waals surface area contributed by atoms with Crippen LogP contribution < -0.4 is 20.6 Å². The Bertz CT molecular complexity index is 657. The molecule has 0 heterocycles. The Morgan fingerprint density at radius 2 is 2.00 bits per heavy atom. The SMILES string of the molecule is COc1ccc(/C=N/NC(N)=O)cc1OCc1ccccc1. The molecule has 22 heavy (non-hydrogen) atoms. The van der Waals surface area contributed by atoms with Crippen LogP contribution in [-0.4, -0.2) is 19.4 Å². The smallest absolute Gasteiger partial charge is 0.332 e. The first-order chi connectivity index (χ1) is 10.7. The van der Waals surface area contributed by atoms with Gasteiger partial charge in [0.15, 0.2) is 11.5 Å².